The minimum atomic E-state index is -3.61. The molecule has 0 aromatic heterocycles. The molecule has 1 heterocycles. The van der Waals surface area contributed by atoms with E-state index in [2.05, 4.69) is 5.32 Å². The number of anilines is 1. The molecular weight excluding hydrogens is 544 g/mol. The lowest BCUT2D eigenvalue weighted by Gasteiger charge is -2.42. The van der Waals surface area contributed by atoms with Gasteiger partial charge in [-0.25, -0.2) is 8.42 Å². The van der Waals surface area contributed by atoms with Crippen LogP contribution in [0.4, 0.5) is 5.69 Å². The van der Waals surface area contributed by atoms with Crippen molar-refractivity contribution in [1.82, 2.24) is 5.32 Å². The number of nitrogens with one attached hydrogen (secondary N) is 1. The average molecular weight is 573 g/mol. The van der Waals surface area contributed by atoms with E-state index in [1.807, 2.05) is 60.7 Å². The van der Waals surface area contributed by atoms with E-state index in [1.165, 1.54) is 6.26 Å². The standard InChI is InChI=1S/C32H29ClN2O4S/c1-40(38,39)29-21-27(17-18-28(29)24-11-6-3-7-12-24)35-20-8-19-32(31(35)37,22-23-9-4-2-5-10-23)34-30(36)25-13-15-26(33)16-14-25/h2-7,9-18,21H,8,19-20,22H2,1H3,(H,34,36). The molecule has 204 valence electrons. The van der Waals surface area contributed by atoms with Crippen molar-refractivity contribution in [3.8, 4) is 11.1 Å². The van der Waals surface area contributed by atoms with Crippen molar-refractivity contribution in [3.63, 3.8) is 0 Å². The van der Waals surface area contributed by atoms with Crippen molar-refractivity contribution >= 4 is 38.9 Å². The smallest absolute Gasteiger partial charge is 0.253 e. The van der Waals surface area contributed by atoms with Gasteiger partial charge in [0, 0.05) is 41.1 Å². The van der Waals surface area contributed by atoms with Gasteiger partial charge in [-0.2, -0.15) is 0 Å². The first-order valence-electron chi connectivity index (χ1n) is 13.0. The van der Waals surface area contributed by atoms with Gasteiger partial charge in [-0.3, -0.25) is 9.59 Å². The highest BCUT2D eigenvalue weighted by Gasteiger charge is 2.46. The Balaban J connectivity index is 1.55. The predicted molar refractivity (Wildman–Crippen MR) is 158 cm³/mol. The number of hydrogen-bond donors (Lipinski definition) is 1. The minimum absolute atomic E-state index is 0.147. The van der Waals surface area contributed by atoms with E-state index in [4.69, 9.17) is 11.6 Å². The number of amides is 2. The first-order valence-corrected chi connectivity index (χ1v) is 15.3. The molecule has 1 N–H and O–H groups in total. The Morgan fingerprint density at radius 1 is 0.925 bits per heavy atom. The number of rotatable bonds is 7. The number of piperidine rings is 1. The quantitative estimate of drug-likeness (QED) is 0.297. The molecule has 1 aliphatic rings. The third-order valence-electron chi connectivity index (χ3n) is 7.21. The van der Waals surface area contributed by atoms with Crippen LogP contribution in [-0.2, 0) is 21.1 Å². The summed E-state index contributed by atoms with van der Waals surface area (Å²) in [5.41, 5.74) is 1.90. The second-order valence-electron chi connectivity index (χ2n) is 10.1. The van der Waals surface area contributed by atoms with Gasteiger partial charge in [0.15, 0.2) is 9.84 Å². The predicted octanol–water partition coefficient (Wildman–Crippen LogP) is 5.95. The maximum Gasteiger partial charge on any atom is 0.253 e. The lowest BCUT2D eigenvalue weighted by Crippen LogP contribution is -2.64. The molecule has 4 aromatic rings. The third kappa shape index (κ3) is 5.81. The number of nitrogens with zero attached hydrogens (tertiary/aromatic N) is 1. The van der Waals surface area contributed by atoms with Crippen molar-refractivity contribution in [3.05, 3.63) is 119 Å². The lowest BCUT2D eigenvalue weighted by molar-refractivity contribution is -0.126. The molecule has 0 spiro atoms. The number of halogens is 1. The number of hydrogen-bond acceptors (Lipinski definition) is 4. The summed E-state index contributed by atoms with van der Waals surface area (Å²) in [5, 5.41) is 3.57. The van der Waals surface area contributed by atoms with Gasteiger partial charge in [0.2, 0.25) is 0 Å². The molecule has 6 nitrogen and oxygen atoms in total. The van der Waals surface area contributed by atoms with Crippen LogP contribution in [0.2, 0.25) is 5.02 Å². The summed E-state index contributed by atoms with van der Waals surface area (Å²) in [6.45, 7) is 0.403. The van der Waals surface area contributed by atoms with Crippen LogP contribution in [0.3, 0.4) is 0 Å². The fraction of sp³-hybridized carbons (Fsp3) is 0.188. The summed E-state index contributed by atoms with van der Waals surface area (Å²) in [4.78, 5) is 29.5. The number of carbonyl (C=O) groups is 2. The molecule has 0 saturated carbocycles. The Morgan fingerprint density at radius 2 is 1.57 bits per heavy atom. The van der Waals surface area contributed by atoms with E-state index in [9.17, 15) is 18.0 Å². The van der Waals surface area contributed by atoms with Crippen LogP contribution in [0.5, 0.6) is 0 Å². The number of sulfone groups is 1. The van der Waals surface area contributed by atoms with Crippen LogP contribution < -0.4 is 10.2 Å². The van der Waals surface area contributed by atoms with Gasteiger partial charge >= 0.3 is 0 Å². The second-order valence-corrected chi connectivity index (χ2v) is 12.5. The molecule has 0 aliphatic carbocycles. The van der Waals surface area contributed by atoms with E-state index in [0.717, 1.165) is 11.1 Å². The van der Waals surface area contributed by atoms with Gasteiger partial charge in [0.05, 0.1) is 4.90 Å². The van der Waals surface area contributed by atoms with Crippen LogP contribution in [0.15, 0.2) is 108 Å². The molecule has 8 heteroatoms. The number of carbonyl (C=O) groups excluding carboxylic acids is 2. The molecule has 0 bridgehead atoms. The van der Waals surface area contributed by atoms with Gasteiger partial charge in [-0.15, -0.1) is 0 Å². The van der Waals surface area contributed by atoms with Crippen LogP contribution in [0, 0.1) is 0 Å². The highest BCUT2D eigenvalue weighted by molar-refractivity contribution is 7.90. The second kappa shape index (κ2) is 11.3. The molecule has 4 aromatic carbocycles. The minimum Gasteiger partial charge on any atom is -0.337 e. The maximum absolute atomic E-state index is 14.3. The van der Waals surface area contributed by atoms with Crippen LogP contribution in [0.25, 0.3) is 11.1 Å². The average Bonchev–Trinajstić information content (AvgIpc) is 2.95. The van der Waals surface area contributed by atoms with E-state index in [1.54, 1.807) is 47.4 Å². The molecule has 40 heavy (non-hydrogen) atoms. The van der Waals surface area contributed by atoms with Crippen LogP contribution >= 0.6 is 11.6 Å². The largest absolute Gasteiger partial charge is 0.337 e. The number of benzene rings is 4. The van der Waals surface area contributed by atoms with Crippen molar-refractivity contribution in [2.45, 2.75) is 29.7 Å². The summed E-state index contributed by atoms with van der Waals surface area (Å²) < 4.78 is 25.7. The van der Waals surface area contributed by atoms with E-state index < -0.39 is 15.4 Å². The molecular formula is C32H29ClN2O4S. The van der Waals surface area contributed by atoms with Crippen LogP contribution in [-0.4, -0.2) is 38.6 Å². The zero-order chi connectivity index (χ0) is 28.3. The summed E-state index contributed by atoms with van der Waals surface area (Å²) >= 11 is 6.01. The fourth-order valence-corrected chi connectivity index (χ4v) is 6.30. The third-order valence-corrected chi connectivity index (χ3v) is 8.60. The fourth-order valence-electron chi connectivity index (χ4n) is 5.25. The van der Waals surface area contributed by atoms with Crippen molar-refractivity contribution < 1.29 is 18.0 Å². The Hall–Kier alpha value is -3.94. The summed E-state index contributed by atoms with van der Waals surface area (Å²) in [6, 6.07) is 30.4. The van der Waals surface area contributed by atoms with Crippen LogP contribution in [0.1, 0.15) is 28.8 Å². The first-order chi connectivity index (χ1) is 19.2. The van der Waals surface area contributed by atoms with Gasteiger partial charge in [-0.05, 0) is 60.4 Å². The Morgan fingerprint density at radius 3 is 2.23 bits per heavy atom. The Kier molecular flexibility index (Phi) is 7.79. The monoisotopic (exact) mass is 572 g/mol. The van der Waals surface area contributed by atoms with Gasteiger partial charge < -0.3 is 10.2 Å². The molecule has 1 atom stereocenters. The lowest BCUT2D eigenvalue weighted by atomic mass is 9.81. The van der Waals surface area contributed by atoms with E-state index in [0.29, 0.717) is 47.6 Å². The molecule has 1 saturated heterocycles. The Bertz CT molecular complexity index is 1640. The van der Waals surface area contributed by atoms with E-state index >= 15 is 0 Å². The van der Waals surface area contributed by atoms with Crippen molar-refractivity contribution in [1.29, 1.82) is 0 Å². The highest BCUT2D eigenvalue weighted by atomic mass is 35.5. The van der Waals surface area contributed by atoms with Gasteiger partial charge in [-0.1, -0.05) is 78.3 Å². The van der Waals surface area contributed by atoms with Crippen molar-refractivity contribution in [2.75, 3.05) is 17.7 Å². The normalized spacial score (nSPS) is 17.4. The summed E-state index contributed by atoms with van der Waals surface area (Å²) in [7, 11) is -3.61. The maximum atomic E-state index is 14.3. The first kappa shape index (κ1) is 27.6. The van der Waals surface area contributed by atoms with Gasteiger partial charge in [0.25, 0.3) is 11.8 Å². The molecule has 1 aliphatic heterocycles. The molecule has 1 unspecified atom stereocenters. The zero-order valence-corrected chi connectivity index (χ0v) is 23.6. The van der Waals surface area contributed by atoms with E-state index in [-0.39, 0.29) is 16.7 Å². The summed E-state index contributed by atoms with van der Waals surface area (Å²) in [6.07, 6.45) is 2.53. The molecule has 0 radical (unpaired) electrons. The molecule has 1 fully saturated rings. The molecule has 5 rings (SSSR count). The highest BCUT2D eigenvalue weighted by Crippen LogP contribution is 2.35. The van der Waals surface area contributed by atoms with Crippen molar-refractivity contribution in [2.24, 2.45) is 0 Å². The zero-order valence-electron chi connectivity index (χ0n) is 22.0. The molecule has 2 amide bonds. The topological polar surface area (TPSA) is 83.6 Å². The Labute approximate surface area is 239 Å². The SMILES string of the molecule is CS(=O)(=O)c1cc(N2CCCC(Cc3ccccc3)(NC(=O)c3ccc(Cl)cc3)C2=O)ccc1-c1ccccc1. The van der Waals surface area contributed by atoms with Gasteiger partial charge in [0.1, 0.15) is 5.54 Å². The summed E-state index contributed by atoms with van der Waals surface area (Å²) in [5.74, 6) is -0.657.